The predicted octanol–water partition coefficient (Wildman–Crippen LogP) is -0.0274. The van der Waals surface area contributed by atoms with E-state index in [4.69, 9.17) is 9.84 Å². The van der Waals surface area contributed by atoms with Gasteiger partial charge in [0.2, 0.25) is 0 Å². The normalized spacial score (nSPS) is 13.4. The second-order valence-corrected chi connectivity index (χ2v) is 3.63. The van der Waals surface area contributed by atoms with Crippen LogP contribution in [0.1, 0.15) is 0 Å². The van der Waals surface area contributed by atoms with Crippen molar-refractivity contribution in [2.24, 2.45) is 0 Å². The van der Waals surface area contributed by atoms with Crippen LogP contribution in [-0.2, 0) is 9.59 Å². The van der Waals surface area contributed by atoms with Gasteiger partial charge in [-0.3, -0.25) is 9.59 Å². The number of nitrogens with zero attached hydrogens (tertiary/aromatic N) is 1. The van der Waals surface area contributed by atoms with Crippen LogP contribution in [0.4, 0.5) is 11.4 Å². The first-order valence-electron chi connectivity index (χ1n) is 5.06. The minimum absolute atomic E-state index is 0.00223. The lowest BCUT2D eigenvalue weighted by molar-refractivity contribution is -0.121. The maximum absolute atomic E-state index is 11.3. The fourth-order valence-electron chi connectivity index (χ4n) is 1.53. The lowest BCUT2D eigenvalue weighted by Gasteiger charge is -2.21. The van der Waals surface area contributed by atoms with Crippen LogP contribution in [0.2, 0.25) is 0 Å². The first kappa shape index (κ1) is 11.4. The summed E-state index contributed by atoms with van der Waals surface area (Å²) in [5.74, 6) is -0.0861. The number of fused-ring (bicyclic) bond motifs is 1. The van der Waals surface area contributed by atoms with E-state index in [1.807, 2.05) is 0 Å². The fraction of sp³-hybridized carbons (Fsp3) is 0.273. The second kappa shape index (κ2) is 4.42. The molecule has 0 saturated carbocycles. The summed E-state index contributed by atoms with van der Waals surface area (Å²) >= 11 is 0. The van der Waals surface area contributed by atoms with Gasteiger partial charge in [0.1, 0.15) is 12.4 Å². The molecule has 2 N–H and O–H groups in total. The smallest absolute Gasteiger partial charge is 0.262 e. The van der Waals surface area contributed by atoms with Crippen molar-refractivity contribution >= 4 is 23.2 Å². The maximum Gasteiger partial charge on any atom is 0.262 e. The Bertz CT molecular complexity index is 473. The number of hydrogen-bond acceptors (Lipinski definition) is 4. The Kier molecular flexibility index (Phi) is 2.97. The van der Waals surface area contributed by atoms with E-state index < -0.39 is 12.5 Å². The first-order chi connectivity index (χ1) is 8.11. The number of benzene rings is 1. The zero-order chi connectivity index (χ0) is 12.4. The Morgan fingerprint density at radius 2 is 2.35 bits per heavy atom. The monoisotopic (exact) mass is 236 g/mol. The third-order valence-electron chi connectivity index (χ3n) is 2.49. The van der Waals surface area contributed by atoms with Crippen molar-refractivity contribution < 1.29 is 19.4 Å². The summed E-state index contributed by atoms with van der Waals surface area (Å²) in [4.78, 5) is 23.7. The van der Waals surface area contributed by atoms with Crippen molar-refractivity contribution in [1.82, 2.24) is 0 Å². The molecule has 6 nitrogen and oxygen atoms in total. The number of likely N-dealkylation sites (N-methyl/N-ethyl adjacent to an activating group) is 1. The van der Waals surface area contributed by atoms with Gasteiger partial charge in [-0.2, -0.15) is 0 Å². The highest BCUT2D eigenvalue weighted by atomic mass is 16.5. The summed E-state index contributed by atoms with van der Waals surface area (Å²) in [6, 6.07) is 4.98. The number of hydrogen-bond donors (Lipinski definition) is 2. The van der Waals surface area contributed by atoms with Gasteiger partial charge in [-0.1, -0.05) is 0 Å². The van der Waals surface area contributed by atoms with Crippen molar-refractivity contribution in [3.05, 3.63) is 18.2 Å². The highest BCUT2D eigenvalue weighted by Crippen LogP contribution is 2.31. The lowest BCUT2D eigenvalue weighted by Crippen LogP contribution is -2.30. The number of ether oxygens (including phenoxy) is 1. The van der Waals surface area contributed by atoms with Gasteiger partial charge in [-0.05, 0) is 18.2 Å². The molecule has 2 rings (SSSR count). The number of aliphatic hydroxyl groups is 1. The molecule has 0 aliphatic carbocycles. The quantitative estimate of drug-likeness (QED) is 0.756. The van der Waals surface area contributed by atoms with E-state index in [1.54, 1.807) is 25.2 Å². The largest absolute Gasteiger partial charge is 0.482 e. The summed E-state index contributed by atoms with van der Waals surface area (Å²) in [5.41, 5.74) is 1.10. The number of anilines is 2. The Morgan fingerprint density at radius 3 is 3.06 bits per heavy atom. The summed E-state index contributed by atoms with van der Waals surface area (Å²) < 4.78 is 5.19. The second-order valence-electron chi connectivity index (χ2n) is 3.63. The minimum Gasteiger partial charge on any atom is -0.482 e. The first-order valence-corrected chi connectivity index (χ1v) is 5.06. The van der Waals surface area contributed by atoms with Crippen LogP contribution >= 0.6 is 0 Å². The number of carbonyl (C=O) groups is 2. The van der Waals surface area contributed by atoms with Crippen LogP contribution in [-0.4, -0.2) is 37.2 Å². The van der Waals surface area contributed by atoms with E-state index in [-0.39, 0.29) is 12.5 Å². The molecule has 0 aromatic heterocycles. The number of rotatable bonds is 2. The van der Waals surface area contributed by atoms with E-state index in [0.29, 0.717) is 17.1 Å². The molecule has 90 valence electrons. The van der Waals surface area contributed by atoms with Crippen molar-refractivity contribution in [1.29, 1.82) is 0 Å². The molecule has 2 amide bonds. The van der Waals surface area contributed by atoms with Crippen molar-refractivity contribution in [2.75, 3.05) is 30.5 Å². The highest BCUT2D eigenvalue weighted by molar-refractivity contribution is 5.98. The van der Waals surface area contributed by atoms with Crippen LogP contribution in [0.3, 0.4) is 0 Å². The Hall–Kier alpha value is -2.08. The fourth-order valence-corrected chi connectivity index (χ4v) is 1.53. The molecule has 0 unspecified atom stereocenters. The number of amides is 2. The van der Waals surface area contributed by atoms with Crippen LogP contribution in [0.25, 0.3) is 0 Å². The summed E-state index contributed by atoms with van der Waals surface area (Å²) in [7, 11) is 1.55. The van der Waals surface area contributed by atoms with E-state index in [9.17, 15) is 9.59 Å². The third kappa shape index (κ3) is 2.21. The Balaban J connectivity index is 2.29. The standard InChI is InChI=1S/C11H12N2O4/c1-13(11(16)5-14)7-2-3-9-8(4-7)12-10(15)6-17-9/h2-4,14H,5-6H2,1H3,(H,12,15). The molecular weight excluding hydrogens is 224 g/mol. The van der Waals surface area contributed by atoms with Gasteiger partial charge < -0.3 is 20.1 Å². The average Bonchev–Trinajstić information content (AvgIpc) is 2.36. The number of aliphatic hydroxyl groups excluding tert-OH is 1. The third-order valence-corrected chi connectivity index (χ3v) is 2.49. The highest BCUT2D eigenvalue weighted by Gasteiger charge is 2.18. The molecule has 0 fully saturated rings. The zero-order valence-electron chi connectivity index (χ0n) is 9.27. The van der Waals surface area contributed by atoms with Crippen LogP contribution < -0.4 is 15.0 Å². The molecule has 1 aliphatic rings. The molecule has 6 heteroatoms. The molecular formula is C11H12N2O4. The number of carbonyl (C=O) groups excluding carboxylic acids is 2. The summed E-state index contributed by atoms with van der Waals surface area (Å²) in [6.45, 7) is -0.561. The van der Waals surface area contributed by atoms with Gasteiger partial charge in [0.25, 0.3) is 11.8 Å². The molecule has 0 atom stereocenters. The molecule has 1 aromatic carbocycles. The Labute approximate surface area is 97.8 Å². The average molecular weight is 236 g/mol. The van der Waals surface area contributed by atoms with Gasteiger partial charge in [-0.25, -0.2) is 0 Å². The molecule has 1 aromatic rings. The van der Waals surface area contributed by atoms with Gasteiger partial charge in [0.15, 0.2) is 6.61 Å². The molecule has 0 bridgehead atoms. The van der Waals surface area contributed by atoms with Crippen LogP contribution in [0.15, 0.2) is 18.2 Å². The maximum atomic E-state index is 11.3. The number of nitrogens with one attached hydrogen (secondary N) is 1. The van der Waals surface area contributed by atoms with Crippen LogP contribution in [0, 0.1) is 0 Å². The lowest BCUT2D eigenvalue weighted by atomic mass is 10.2. The van der Waals surface area contributed by atoms with Gasteiger partial charge in [0.05, 0.1) is 5.69 Å². The van der Waals surface area contributed by atoms with E-state index in [0.717, 1.165) is 0 Å². The summed E-state index contributed by atoms with van der Waals surface area (Å²) in [6.07, 6.45) is 0. The minimum atomic E-state index is -0.559. The molecule has 0 radical (unpaired) electrons. The van der Waals surface area contributed by atoms with Crippen LogP contribution in [0.5, 0.6) is 5.75 Å². The molecule has 17 heavy (non-hydrogen) atoms. The molecule has 1 aliphatic heterocycles. The Morgan fingerprint density at radius 1 is 1.59 bits per heavy atom. The molecule has 1 heterocycles. The van der Waals surface area contributed by atoms with E-state index in [1.165, 1.54) is 4.90 Å². The molecule has 0 saturated heterocycles. The van der Waals surface area contributed by atoms with Crippen molar-refractivity contribution in [3.8, 4) is 5.75 Å². The van der Waals surface area contributed by atoms with Gasteiger partial charge in [0, 0.05) is 12.7 Å². The molecule has 0 spiro atoms. The topological polar surface area (TPSA) is 78.9 Å². The summed E-state index contributed by atoms with van der Waals surface area (Å²) in [5, 5.41) is 11.4. The van der Waals surface area contributed by atoms with Gasteiger partial charge in [-0.15, -0.1) is 0 Å². The van der Waals surface area contributed by atoms with E-state index >= 15 is 0 Å². The SMILES string of the molecule is CN(C(=O)CO)c1ccc2c(c1)NC(=O)CO2. The van der Waals surface area contributed by atoms with Crippen molar-refractivity contribution in [2.45, 2.75) is 0 Å². The zero-order valence-corrected chi connectivity index (χ0v) is 9.27. The predicted molar refractivity (Wildman–Crippen MR) is 61.1 cm³/mol. The van der Waals surface area contributed by atoms with E-state index in [2.05, 4.69) is 5.32 Å². The van der Waals surface area contributed by atoms with Crippen molar-refractivity contribution in [3.63, 3.8) is 0 Å². The van der Waals surface area contributed by atoms with Gasteiger partial charge >= 0.3 is 0 Å².